The van der Waals surface area contributed by atoms with Crippen molar-refractivity contribution in [3.8, 4) is 0 Å². The van der Waals surface area contributed by atoms with E-state index in [9.17, 15) is 43.2 Å². The van der Waals surface area contributed by atoms with Crippen LogP contribution in [0.15, 0.2) is 18.5 Å². The summed E-state index contributed by atoms with van der Waals surface area (Å²) in [5.74, 6) is 0. The number of nitrogens with zero attached hydrogens (tertiary/aromatic N) is 3. The highest BCUT2D eigenvalue weighted by Gasteiger charge is 2.62. The average Bonchev–Trinajstić information content (AvgIpc) is 2.66. The van der Waals surface area contributed by atoms with Crippen molar-refractivity contribution in [1.29, 1.82) is 0 Å². The second-order valence-corrected chi connectivity index (χ2v) is 6.75. The molecule has 20 heavy (non-hydrogen) atoms. The van der Waals surface area contributed by atoms with E-state index in [0.29, 0.717) is 6.20 Å². The first kappa shape index (κ1) is 16.5. The maximum Gasteiger partial charge on any atom is 0.519 e. The standard InChI is InChI=1S/C5H3F6N3O4S2/c6-4(7,8)19(15,16)14(13-3-1-2-12-13)20(17,18)5(9,10)11/h1-3H. The highest BCUT2D eigenvalue weighted by atomic mass is 32.3. The Morgan fingerprint density at radius 1 is 0.900 bits per heavy atom. The van der Waals surface area contributed by atoms with Crippen LogP contribution in [0.5, 0.6) is 0 Å². The first-order chi connectivity index (χ1) is 8.73. The van der Waals surface area contributed by atoms with Crippen molar-refractivity contribution < 1.29 is 43.2 Å². The molecule has 1 heterocycles. The molecule has 0 N–H and O–H groups in total. The van der Waals surface area contributed by atoms with Gasteiger partial charge in [-0.15, -0.1) is 0 Å². The molecule has 0 saturated heterocycles. The average molecular weight is 347 g/mol. The van der Waals surface area contributed by atoms with Crippen LogP contribution in [0.2, 0.25) is 0 Å². The van der Waals surface area contributed by atoms with Crippen molar-refractivity contribution in [2.24, 2.45) is 0 Å². The van der Waals surface area contributed by atoms with E-state index in [0.717, 1.165) is 6.07 Å². The van der Waals surface area contributed by atoms with Crippen LogP contribution >= 0.6 is 0 Å². The molecule has 0 aliphatic carbocycles. The Kier molecular flexibility index (Phi) is 3.73. The highest BCUT2D eigenvalue weighted by molar-refractivity contribution is 8.10. The van der Waals surface area contributed by atoms with Gasteiger partial charge in [0, 0.05) is 0 Å². The molecule has 15 heteroatoms. The third-order valence-corrected chi connectivity index (χ3v) is 5.16. The fourth-order valence-electron chi connectivity index (χ4n) is 0.884. The van der Waals surface area contributed by atoms with Gasteiger partial charge >= 0.3 is 31.1 Å². The fourth-order valence-corrected chi connectivity index (χ4v) is 3.41. The van der Waals surface area contributed by atoms with Crippen LogP contribution < -0.4 is 3.82 Å². The summed E-state index contributed by atoms with van der Waals surface area (Å²) in [6.45, 7) is 0. The number of halogens is 6. The van der Waals surface area contributed by atoms with E-state index in [-0.39, 0.29) is 6.20 Å². The third kappa shape index (κ3) is 2.54. The Morgan fingerprint density at radius 2 is 1.30 bits per heavy atom. The van der Waals surface area contributed by atoms with Gasteiger partial charge < -0.3 is 0 Å². The van der Waals surface area contributed by atoms with E-state index < -0.39 is 39.7 Å². The van der Waals surface area contributed by atoms with Crippen molar-refractivity contribution in [2.75, 3.05) is 3.82 Å². The monoisotopic (exact) mass is 347 g/mol. The zero-order valence-corrected chi connectivity index (χ0v) is 10.4. The highest BCUT2D eigenvalue weighted by Crippen LogP contribution is 2.33. The van der Waals surface area contributed by atoms with Gasteiger partial charge in [-0.2, -0.15) is 53.1 Å². The predicted molar refractivity (Wildman–Crippen MR) is 50.4 cm³/mol. The predicted octanol–water partition coefficient (Wildman–Crippen LogP) is 0.520. The molecule has 0 radical (unpaired) electrons. The van der Waals surface area contributed by atoms with Gasteiger partial charge in [0.2, 0.25) is 0 Å². The zero-order valence-electron chi connectivity index (χ0n) is 8.79. The lowest BCUT2D eigenvalue weighted by atomic mass is 10.8. The smallest absolute Gasteiger partial charge is 0.194 e. The largest absolute Gasteiger partial charge is 0.519 e. The molecule has 0 aliphatic rings. The molecule has 7 nitrogen and oxygen atoms in total. The lowest BCUT2D eigenvalue weighted by Crippen LogP contribution is -2.55. The van der Waals surface area contributed by atoms with Gasteiger partial charge in [0.15, 0.2) is 0 Å². The molecule has 0 bridgehead atoms. The quantitative estimate of drug-likeness (QED) is 0.744. The van der Waals surface area contributed by atoms with Gasteiger partial charge in [0.05, 0.1) is 12.4 Å². The van der Waals surface area contributed by atoms with Gasteiger partial charge in [0.1, 0.15) is 0 Å². The molecular weight excluding hydrogens is 344 g/mol. The van der Waals surface area contributed by atoms with E-state index in [2.05, 4.69) is 5.10 Å². The number of sulfonamides is 2. The van der Waals surface area contributed by atoms with Gasteiger partial charge in [0.25, 0.3) is 0 Å². The Labute approximate surface area is 107 Å². The summed E-state index contributed by atoms with van der Waals surface area (Å²) in [5, 5.41) is 2.76. The van der Waals surface area contributed by atoms with Gasteiger partial charge in [-0.25, -0.2) is 0 Å². The molecule has 0 unspecified atom stereocenters. The fraction of sp³-hybridized carbons (Fsp3) is 0.400. The molecule has 116 valence electrons. The van der Waals surface area contributed by atoms with E-state index in [1.54, 1.807) is 0 Å². The second kappa shape index (κ2) is 4.51. The number of rotatable bonds is 3. The van der Waals surface area contributed by atoms with Crippen molar-refractivity contribution in [3.05, 3.63) is 18.5 Å². The summed E-state index contributed by atoms with van der Waals surface area (Å²) < 4.78 is 116. The summed E-state index contributed by atoms with van der Waals surface area (Å²) in [7, 11) is -13.8. The first-order valence-electron chi connectivity index (χ1n) is 4.16. The third-order valence-electron chi connectivity index (χ3n) is 1.65. The maximum absolute atomic E-state index is 12.3. The molecule has 1 aromatic rings. The topological polar surface area (TPSA) is 89.3 Å². The van der Waals surface area contributed by atoms with Gasteiger partial charge in [-0.1, -0.05) is 3.82 Å². The summed E-state index contributed by atoms with van der Waals surface area (Å²) in [6.07, 6.45) is 0.872. The van der Waals surface area contributed by atoms with Crippen molar-refractivity contribution in [2.45, 2.75) is 11.0 Å². The molecule has 0 atom stereocenters. The van der Waals surface area contributed by atoms with Crippen LogP contribution in [0.1, 0.15) is 0 Å². The summed E-state index contributed by atoms with van der Waals surface area (Å²) in [5.41, 5.74) is -12.6. The molecule has 0 aliphatic heterocycles. The van der Waals surface area contributed by atoms with E-state index >= 15 is 0 Å². The van der Waals surface area contributed by atoms with E-state index in [4.69, 9.17) is 0 Å². The van der Waals surface area contributed by atoms with Crippen LogP contribution in [0.3, 0.4) is 0 Å². The molecule has 0 aromatic carbocycles. The Balaban J connectivity index is 3.66. The molecular formula is C5H3F6N3O4S2. The zero-order chi connectivity index (χ0) is 16.0. The van der Waals surface area contributed by atoms with Gasteiger partial charge in [-0.3, -0.25) is 0 Å². The molecule has 0 fully saturated rings. The number of aromatic nitrogens is 2. The molecule has 0 amide bonds. The Bertz CT molecular complexity index is 629. The summed E-state index contributed by atoms with van der Waals surface area (Å²) in [6, 6.07) is 0.727. The maximum atomic E-state index is 12.3. The first-order valence-corrected chi connectivity index (χ1v) is 7.04. The molecule has 0 saturated carbocycles. The second-order valence-electron chi connectivity index (χ2n) is 3.01. The molecule has 1 aromatic heterocycles. The van der Waals surface area contributed by atoms with Crippen LogP contribution in [-0.2, 0) is 20.0 Å². The minimum Gasteiger partial charge on any atom is -0.194 e. The summed E-state index contributed by atoms with van der Waals surface area (Å²) in [4.78, 5) is -0.606. The van der Waals surface area contributed by atoms with Crippen molar-refractivity contribution in [3.63, 3.8) is 0 Å². The normalized spacial score (nSPS) is 14.3. The van der Waals surface area contributed by atoms with Crippen LogP contribution in [0.4, 0.5) is 26.3 Å². The Hall–Kier alpha value is -1.51. The van der Waals surface area contributed by atoms with Crippen LogP contribution in [0, 0.1) is 0 Å². The molecule has 1 rings (SSSR count). The van der Waals surface area contributed by atoms with Crippen molar-refractivity contribution >= 4 is 20.0 Å². The number of hydrogen-bond donors (Lipinski definition) is 0. The minimum absolute atomic E-state index is 0.284. The van der Waals surface area contributed by atoms with Crippen molar-refractivity contribution in [1.82, 2.24) is 9.89 Å². The lowest BCUT2D eigenvalue weighted by Gasteiger charge is -2.24. The van der Waals surface area contributed by atoms with Gasteiger partial charge in [-0.05, 0) is 6.07 Å². The van der Waals surface area contributed by atoms with E-state index in [1.807, 2.05) is 0 Å². The minimum atomic E-state index is -6.88. The lowest BCUT2D eigenvalue weighted by molar-refractivity contribution is -0.0473. The summed E-state index contributed by atoms with van der Waals surface area (Å²) >= 11 is 0. The van der Waals surface area contributed by atoms with Crippen LogP contribution in [0.25, 0.3) is 0 Å². The Morgan fingerprint density at radius 3 is 1.55 bits per heavy atom. The number of hydrogen-bond acceptors (Lipinski definition) is 5. The van der Waals surface area contributed by atoms with Crippen LogP contribution in [-0.4, -0.2) is 37.7 Å². The molecule has 0 spiro atoms. The number of alkyl halides is 6. The van der Waals surface area contributed by atoms with E-state index in [1.165, 1.54) is 0 Å². The SMILES string of the molecule is O=S(=O)(N(n1cccn1)S(=O)(=O)C(F)(F)F)C(F)(F)F.